The molecule has 0 spiro atoms. The monoisotopic (exact) mass is 270 g/mol. The minimum absolute atomic E-state index is 0. The second-order valence-electron chi connectivity index (χ2n) is 4.43. The van der Waals surface area contributed by atoms with Crippen molar-refractivity contribution in [3.05, 3.63) is 78.9 Å². The molecule has 94 valence electrons. The number of aromatic hydroxyl groups is 1. The fourth-order valence-electron chi connectivity index (χ4n) is 2.31. The molecule has 0 saturated carbocycles. The van der Waals surface area contributed by atoms with Crippen molar-refractivity contribution in [2.75, 3.05) is 0 Å². The van der Waals surface area contributed by atoms with Crippen LogP contribution in [0.3, 0.4) is 0 Å². The molecule has 0 saturated heterocycles. The molecule has 0 aliphatic rings. The predicted molar refractivity (Wildman–Crippen MR) is 80.1 cm³/mol. The molecule has 0 fully saturated rings. The van der Waals surface area contributed by atoms with Crippen LogP contribution in [-0.2, 0) is 0 Å². The van der Waals surface area contributed by atoms with Crippen LogP contribution in [-0.4, -0.2) is 5.11 Å². The summed E-state index contributed by atoms with van der Waals surface area (Å²) in [6.45, 7) is 0. The van der Waals surface area contributed by atoms with E-state index in [4.69, 9.17) is 0 Å². The first-order chi connectivity index (χ1) is 9.36. The van der Waals surface area contributed by atoms with E-state index in [0.29, 0.717) is 5.75 Å². The van der Waals surface area contributed by atoms with Gasteiger partial charge in [0, 0.05) is 5.56 Å². The number of benzene rings is 3. The molecule has 0 atom stereocenters. The molecule has 20 heavy (non-hydrogen) atoms. The number of phenols is 1. The zero-order valence-electron chi connectivity index (χ0n) is 12.5. The summed E-state index contributed by atoms with van der Waals surface area (Å²) in [6, 6.07) is 25.7. The summed E-state index contributed by atoms with van der Waals surface area (Å²) in [7, 11) is 0. The summed E-state index contributed by atoms with van der Waals surface area (Å²) in [5, 5.41) is 10.2. The second kappa shape index (κ2) is 6.76. The first kappa shape index (κ1) is 14.9. The summed E-state index contributed by atoms with van der Waals surface area (Å²) >= 11 is 0. The smallest absolute Gasteiger partial charge is 1.00 e. The van der Waals surface area contributed by atoms with E-state index in [1.807, 2.05) is 60.7 Å². The normalized spacial score (nSPS) is 9.80. The van der Waals surface area contributed by atoms with Crippen LogP contribution in [0.4, 0.5) is 0 Å². The van der Waals surface area contributed by atoms with Crippen LogP contribution in [0.15, 0.2) is 78.9 Å². The molecular formula is C18H15NaO. The van der Waals surface area contributed by atoms with Crippen LogP contribution in [0.1, 0.15) is 1.43 Å². The summed E-state index contributed by atoms with van der Waals surface area (Å²) in [5.41, 5.74) is 4.07. The summed E-state index contributed by atoms with van der Waals surface area (Å²) in [6.07, 6.45) is 0. The average Bonchev–Trinajstić information content (AvgIpc) is 2.49. The van der Waals surface area contributed by atoms with E-state index in [2.05, 4.69) is 12.1 Å². The SMILES string of the molecule is Oc1cccc(-c2ccccc2)c1-c1ccccc1.[H-].[Na+]. The van der Waals surface area contributed by atoms with Crippen LogP contribution < -0.4 is 29.6 Å². The predicted octanol–water partition coefficient (Wildman–Crippen LogP) is 1.84. The van der Waals surface area contributed by atoms with E-state index in [9.17, 15) is 5.11 Å². The Morgan fingerprint density at radius 3 is 1.75 bits per heavy atom. The van der Waals surface area contributed by atoms with Crippen molar-refractivity contribution in [2.24, 2.45) is 0 Å². The van der Waals surface area contributed by atoms with Crippen molar-refractivity contribution in [3.8, 4) is 28.0 Å². The van der Waals surface area contributed by atoms with Crippen molar-refractivity contribution in [3.63, 3.8) is 0 Å². The van der Waals surface area contributed by atoms with Gasteiger partial charge in [0.1, 0.15) is 5.75 Å². The van der Waals surface area contributed by atoms with Crippen molar-refractivity contribution >= 4 is 0 Å². The van der Waals surface area contributed by atoms with Gasteiger partial charge in [-0.15, -0.1) is 0 Å². The first-order valence-electron chi connectivity index (χ1n) is 6.29. The Balaban J connectivity index is 0.00000110. The minimum Gasteiger partial charge on any atom is -1.00 e. The van der Waals surface area contributed by atoms with Gasteiger partial charge >= 0.3 is 29.6 Å². The maximum atomic E-state index is 10.2. The fourth-order valence-corrected chi connectivity index (χ4v) is 2.31. The molecule has 1 N–H and O–H groups in total. The average molecular weight is 270 g/mol. The standard InChI is InChI=1S/C18H14O.Na.H/c19-17-13-7-12-16(14-8-3-1-4-9-14)18(17)15-10-5-2-6-11-15;;/h1-13,19H;;/q;+1;-1. The van der Waals surface area contributed by atoms with Gasteiger partial charge in [-0.3, -0.25) is 0 Å². The molecule has 3 aromatic carbocycles. The Kier molecular flexibility index (Phi) is 5.02. The molecule has 2 heteroatoms. The van der Waals surface area contributed by atoms with Gasteiger partial charge in [-0.1, -0.05) is 72.8 Å². The third kappa shape index (κ3) is 2.96. The van der Waals surface area contributed by atoms with Gasteiger partial charge in [-0.2, -0.15) is 0 Å². The maximum absolute atomic E-state index is 10.2. The van der Waals surface area contributed by atoms with E-state index in [1.54, 1.807) is 6.07 Å². The van der Waals surface area contributed by atoms with Crippen molar-refractivity contribution in [1.82, 2.24) is 0 Å². The molecule has 3 aromatic rings. The topological polar surface area (TPSA) is 20.2 Å². The molecule has 0 heterocycles. The van der Waals surface area contributed by atoms with E-state index < -0.39 is 0 Å². The van der Waals surface area contributed by atoms with Gasteiger partial charge in [-0.25, -0.2) is 0 Å². The van der Waals surface area contributed by atoms with Crippen molar-refractivity contribution in [2.45, 2.75) is 0 Å². The van der Waals surface area contributed by atoms with Gasteiger partial charge in [0.2, 0.25) is 0 Å². The zero-order chi connectivity index (χ0) is 13.1. The summed E-state index contributed by atoms with van der Waals surface area (Å²) in [5.74, 6) is 0.313. The molecule has 0 amide bonds. The largest absolute Gasteiger partial charge is 1.00 e. The van der Waals surface area contributed by atoms with Crippen LogP contribution in [0.5, 0.6) is 5.75 Å². The van der Waals surface area contributed by atoms with Gasteiger partial charge in [0.25, 0.3) is 0 Å². The van der Waals surface area contributed by atoms with Gasteiger partial charge in [0.15, 0.2) is 0 Å². The molecule has 0 bridgehead atoms. The molecule has 0 aliphatic carbocycles. The molecule has 0 radical (unpaired) electrons. The number of hydrogen-bond donors (Lipinski definition) is 1. The Bertz CT molecular complexity index is 684. The quantitative estimate of drug-likeness (QED) is 0.705. The van der Waals surface area contributed by atoms with Crippen LogP contribution in [0.25, 0.3) is 22.3 Å². The summed E-state index contributed by atoms with van der Waals surface area (Å²) in [4.78, 5) is 0. The van der Waals surface area contributed by atoms with Gasteiger partial charge in [0.05, 0.1) is 0 Å². The number of phenolic OH excluding ortho intramolecular Hbond substituents is 1. The third-order valence-corrected chi connectivity index (χ3v) is 3.19. The molecular weight excluding hydrogens is 255 g/mol. The minimum atomic E-state index is 0. The number of rotatable bonds is 2. The van der Waals surface area contributed by atoms with Crippen molar-refractivity contribution < 1.29 is 36.1 Å². The third-order valence-electron chi connectivity index (χ3n) is 3.19. The second-order valence-corrected chi connectivity index (χ2v) is 4.43. The van der Waals surface area contributed by atoms with Crippen LogP contribution in [0.2, 0.25) is 0 Å². The molecule has 3 rings (SSSR count). The number of hydrogen-bond acceptors (Lipinski definition) is 1. The molecule has 0 aromatic heterocycles. The molecule has 1 nitrogen and oxygen atoms in total. The van der Waals surface area contributed by atoms with E-state index >= 15 is 0 Å². The maximum Gasteiger partial charge on any atom is 1.00 e. The van der Waals surface area contributed by atoms with Crippen LogP contribution in [0, 0.1) is 0 Å². The van der Waals surface area contributed by atoms with E-state index in [0.717, 1.165) is 22.3 Å². The van der Waals surface area contributed by atoms with Gasteiger partial charge < -0.3 is 6.53 Å². The Labute approximate surface area is 142 Å². The van der Waals surface area contributed by atoms with E-state index in [-0.39, 0.29) is 31.0 Å². The fraction of sp³-hybridized carbons (Fsp3) is 0. The Morgan fingerprint density at radius 2 is 1.15 bits per heavy atom. The summed E-state index contributed by atoms with van der Waals surface area (Å²) < 4.78 is 0. The van der Waals surface area contributed by atoms with E-state index in [1.165, 1.54) is 0 Å². The van der Waals surface area contributed by atoms with Gasteiger partial charge in [-0.05, 0) is 22.8 Å². The zero-order valence-corrected chi connectivity index (χ0v) is 13.5. The van der Waals surface area contributed by atoms with Crippen LogP contribution >= 0.6 is 0 Å². The molecule has 0 aliphatic heterocycles. The Hall–Kier alpha value is -1.54. The van der Waals surface area contributed by atoms with Crippen molar-refractivity contribution in [1.29, 1.82) is 0 Å². The first-order valence-corrected chi connectivity index (χ1v) is 6.29. The Morgan fingerprint density at radius 1 is 0.600 bits per heavy atom. The molecule has 0 unspecified atom stereocenters.